The van der Waals surface area contributed by atoms with Gasteiger partial charge in [-0.05, 0) is 82.6 Å². The highest BCUT2D eigenvalue weighted by atomic mass is 35.5. The van der Waals surface area contributed by atoms with Gasteiger partial charge in [0.1, 0.15) is 0 Å². The number of nitrogens with two attached hydrogens (primary N) is 1. The highest BCUT2D eigenvalue weighted by Gasteiger charge is 2.28. The lowest BCUT2D eigenvalue weighted by Gasteiger charge is -2.34. The van der Waals surface area contributed by atoms with Crippen LogP contribution < -0.4 is 21.8 Å². The molecule has 1 heterocycles. The Morgan fingerprint density at radius 2 is 2.13 bits per heavy atom. The minimum absolute atomic E-state index is 0.0423. The molecule has 4 aliphatic rings. The summed E-state index contributed by atoms with van der Waals surface area (Å²) in [5, 5.41) is 12.9. The van der Waals surface area contributed by atoms with Crippen molar-refractivity contribution in [1.29, 1.82) is 0 Å². The van der Waals surface area contributed by atoms with E-state index in [1.807, 2.05) is 16.8 Å². The molecule has 0 aromatic carbocycles. The number of hydrogen-bond acceptors (Lipinski definition) is 6. The molecule has 4 unspecified atom stereocenters. The Balaban J connectivity index is 1.32. The van der Waals surface area contributed by atoms with Crippen LogP contribution in [0.2, 0.25) is 0 Å². The Bertz CT molecular complexity index is 719. The molecule has 31 heavy (non-hydrogen) atoms. The molecule has 3 aliphatic carbocycles. The predicted molar refractivity (Wildman–Crippen MR) is 133 cm³/mol. The maximum absolute atomic E-state index is 6.70. The van der Waals surface area contributed by atoms with E-state index >= 15 is 0 Å². The van der Waals surface area contributed by atoms with E-state index in [9.17, 15) is 0 Å². The Kier molecular flexibility index (Phi) is 8.85. The van der Waals surface area contributed by atoms with E-state index in [2.05, 4.69) is 46.3 Å². The number of thioether (sulfide) groups is 1. The summed E-state index contributed by atoms with van der Waals surface area (Å²) in [7, 11) is 0. The average Bonchev–Trinajstić information content (AvgIpc) is 3.20. The van der Waals surface area contributed by atoms with E-state index in [0.717, 1.165) is 44.6 Å². The van der Waals surface area contributed by atoms with Crippen molar-refractivity contribution in [2.45, 2.75) is 87.8 Å². The van der Waals surface area contributed by atoms with Crippen LogP contribution in [-0.4, -0.2) is 28.7 Å². The number of rotatable bonds is 10. The van der Waals surface area contributed by atoms with Gasteiger partial charge in [-0.1, -0.05) is 35.9 Å². The van der Waals surface area contributed by atoms with E-state index in [-0.39, 0.29) is 11.8 Å². The molecule has 0 amide bonds. The fourth-order valence-corrected chi connectivity index (χ4v) is 6.42. The summed E-state index contributed by atoms with van der Waals surface area (Å²) < 4.78 is 0. The first-order valence-corrected chi connectivity index (χ1v) is 13.3. The zero-order valence-corrected chi connectivity index (χ0v) is 20.1. The summed E-state index contributed by atoms with van der Waals surface area (Å²) in [4.78, 5) is 1.47. The second kappa shape index (κ2) is 11.8. The van der Waals surface area contributed by atoms with E-state index < -0.39 is 0 Å². The second-order valence-corrected chi connectivity index (χ2v) is 10.9. The summed E-state index contributed by atoms with van der Waals surface area (Å²) in [5.41, 5.74) is 2.23. The molecule has 4 atom stereocenters. The number of hydrogen-bond donors (Lipinski definition) is 4. The smallest absolute Gasteiger partial charge is 0.156 e. The number of allylic oxidation sites excluding steroid dienone is 7. The molecule has 0 fully saturated rings. The van der Waals surface area contributed by atoms with Gasteiger partial charge >= 0.3 is 0 Å². The quantitative estimate of drug-likeness (QED) is 0.0912. The number of halogens is 1. The summed E-state index contributed by atoms with van der Waals surface area (Å²) in [6.07, 6.45) is 24.3. The second-order valence-electron chi connectivity index (χ2n) is 9.12. The Morgan fingerprint density at radius 1 is 1.19 bits per heavy atom. The lowest BCUT2D eigenvalue weighted by molar-refractivity contribution is 0.140. The van der Waals surface area contributed by atoms with Crippen molar-refractivity contribution in [3.8, 4) is 0 Å². The summed E-state index contributed by atoms with van der Waals surface area (Å²) in [6.45, 7) is 0.778. The van der Waals surface area contributed by atoms with Gasteiger partial charge in [-0.25, -0.2) is 5.01 Å². The van der Waals surface area contributed by atoms with Crippen LogP contribution in [0.15, 0.2) is 46.7 Å². The number of alkyl halides is 1. The molecule has 1 aliphatic heterocycles. The first kappa shape index (κ1) is 23.2. The first-order chi connectivity index (χ1) is 15.2. The average molecular weight is 464 g/mol. The third kappa shape index (κ3) is 7.03. The van der Waals surface area contributed by atoms with Gasteiger partial charge < -0.3 is 10.6 Å². The number of nitrogens with zero attached hydrogens (tertiary/aromatic N) is 1. The third-order valence-electron chi connectivity index (χ3n) is 6.67. The van der Waals surface area contributed by atoms with Gasteiger partial charge in [0.2, 0.25) is 0 Å². The van der Waals surface area contributed by atoms with Gasteiger partial charge in [-0.2, -0.15) is 0 Å². The Hall–Kier alpha value is -0.920. The van der Waals surface area contributed by atoms with E-state index in [1.165, 1.54) is 54.8 Å². The molecule has 0 aromatic rings. The van der Waals surface area contributed by atoms with Crippen LogP contribution in [0.3, 0.4) is 0 Å². The fraction of sp³-hybridized carbons (Fsp3) is 0.667. The third-order valence-corrected chi connectivity index (χ3v) is 8.16. The molecule has 0 bridgehead atoms. The maximum atomic E-state index is 6.70. The molecule has 0 spiro atoms. The fourth-order valence-electron chi connectivity index (χ4n) is 4.87. The summed E-state index contributed by atoms with van der Waals surface area (Å²) >= 11 is 8.63. The van der Waals surface area contributed by atoms with Crippen molar-refractivity contribution in [2.75, 3.05) is 6.54 Å². The van der Waals surface area contributed by atoms with Crippen molar-refractivity contribution in [1.82, 2.24) is 21.0 Å². The normalized spacial score (nSPS) is 27.6. The minimum atomic E-state index is -0.315. The van der Waals surface area contributed by atoms with Crippen LogP contribution in [0.5, 0.6) is 0 Å². The van der Waals surface area contributed by atoms with Crippen molar-refractivity contribution in [3.63, 3.8) is 0 Å². The maximum Gasteiger partial charge on any atom is 0.156 e. The van der Waals surface area contributed by atoms with Crippen LogP contribution >= 0.6 is 23.4 Å². The highest BCUT2D eigenvalue weighted by molar-refractivity contribution is 8.03. The van der Waals surface area contributed by atoms with Gasteiger partial charge in [0.25, 0.3) is 0 Å². The standard InChI is InChI=1S/C24H38ClN5S/c25-24(27-19-11-5-2-6-12-19)29-22(16-15-18-9-3-1-4-10-18)30(26)17-23-28-20-13-7-8-14-21(20)31-23/h1,3,7,11,13,18,22-24,27-29H,2,4-6,8-10,12,14-17,26H2. The summed E-state index contributed by atoms with van der Waals surface area (Å²) in [5.74, 6) is 7.40. The molecule has 7 heteroatoms. The van der Waals surface area contributed by atoms with E-state index in [4.69, 9.17) is 17.4 Å². The van der Waals surface area contributed by atoms with Gasteiger partial charge in [-0.15, -0.1) is 11.8 Å². The van der Waals surface area contributed by atoms with E-state index in [1.54, 1.807) is 0 Å². The highest BCUT2D eigenvalue weighted by Crippen LogP contribution is 2.36. The lowest BCUT2D eigenvalue weighted by atomic mass is 9.90. The molecule has 5 nitrogen and oxygen atoms in total. The topological polar surface area (TPSA) is 65.3 Å². The molecular weight excluding hydrogens is 426 g/mol. The minimum Gasteiger partial charge on any atom is -0.371 e. The van der Waals surface area contributed by atoms with Crippen molar-refractivity contribution >= 4 is 23.4 Å². The van der Waals surface area contributed by atoms with Crippen LogP contribution in [0.1, 0.15) is 70.6 Å². The molecule has 0 saturated heterocycles. The van der Waals surface area contributed by atoms with Crippen LogP contribution in [-0.2, 0) is 0 Å². The first-order valence-electron chi connectivity index (χ1n) is 12.0. The predicted octanol–water partition coefficient (Wildman–Crippen LogP) is 5.01. The Labute approximate surface area is 196 Å². The molecule has 0 aromatic heterocycles. The Morgan fingerprint density at radius 3 is 2.90 bits per heavy atom. The molecule has 172 valence electrons. The zero-order valence-electron chi connectivity index (χ0n) is 18.5. The van der Waals surface area contributed by atoms with Crippen LogP contribution in [0.25, 0.3) is 0 Å². The summed E-state index contributed by atoms with van der Waals surface area (Å²) in [6, 6.07) is 0. The molecule has 4 rings (SSSR count). The van der Waals surface area contributed by atoms with Crippen molar-refractivity contribution in [3.05, 3.63) is 46.7 Å². The molecule has 5 N–H and O–H groups in total. The molecule has 0 radical (unpaired) electrons. The van der Waals surface area contributed by atoms with Gasteiger partial charge in [0.15, 0.2) is 5.62 Å². The van der Waals surface area contributed by atoms with Gasteiger partial charge in [0, 0.05) is 22.8 Å². The van der Waals surface area contributed by atoms with Crippen LogP contribution in [0.4, 0.5) is 0 Å². The lowest BCUT2D eigenvalue weighted by Crippen LogP contribution is -2.57. The molecular formula is C24H38ClN5S. The largest absolute Gasteiger partial charge is 0.371 e. The van der Waals surface area contributed by atoms with E-state index in [0.29, 0.717) is 5.37 Å². The van der Waals surface area contributed by atoms with Crippen molar-refractivity contribution in [2.24, 2.45) is 11.8 Å². The molecule has 0 saturated carbocycles. The number of hydrazine groups is 1. The monoisotopic (exact) mass is 463 g/mol. The number of nitrogens with one attached hydrogen (secondary N) is 3. The SMILES string of the molecule is NN(CC1NC2=C(CCC=C2)S1)C(CCC1CC=CCC1)NC(Cl)NC1=CCCCC1. The van der Waals surface area contributed by atoms with Gasteiger partial charge in [0.05, 0.1) is 11.5 Å². The van der Waals surface area contributed by atoms with Gasteiger partial charge in [-0.3, -0.25) is 11.2 Å². The van der Waals surface area contributed by atoms with Crippen molar-refractivity contribution < 1.29 is 0 Å². The zero-order chi connectivity index (χ0) is 21.5. The van der Waals surface area contributed by atoms with Crippen LogP contribution in [0, 0.1) is 5.92 Å².